The largest absolute Gasteiger partial charge is 0.472 e. The van der Waals surface area contributed by atoms with Gasteiger partial charge in [0.15, 0.2) is 6.54 Å². The van der Waals surface area contributed by atoms with Crippen molar-refractivity contribution in [1.82, 2.24) is 14.7 Å². The van der Waals surface area contributed by atoms with Gasteiger partial charge in [-0.3, -0.25) is 4.79 Å². The van der Waals surface area contributed by atoms with E-state index in [2.05, 4.69) is 50.9 Å². The Bertz CT molecular complexity index is 1250. The van der Waals surface area contributed by atoms with E-state index in [-0.39, 0.29) is 29.5 Å². The van der Waals surface area contributed by atoms with E-state index in [0.29, 0.717) is 29.6 Å². The number of nitrogens with zero attached hydrogens (tertiary/aromatic N) is 4. The molecule has 0 atom stereocenters. The third-order valence-corrected chi connectivity index (χ3v) is 6.46. The fourth-order valence-electron chi connectivity index (χ4n) is 3.99. The molecule has 35 heavy (non-hydrogen) atoms. The molecule has 0 unspecified atom stereocenters. The van der Waals surface area contributed by atoms with Crippen LogP contribution in [0.2, 0.25) is 0 Å². The Balaban J connectivity index is 1.57. The van der Waals surface area contributed by atoms with Gasteiger partial charge in [-0.05, 0) is 65.4 Å². The average molecular weight is 480 g/mol. The van der Waals surface area contributed by atoms with Crippen LogP contribution in [0.3, 0.4) is 0 Å². The van der Waals surface area contributed by atoms with Crippen LogP contribution in [0.5, 0.6) is 5.88 Å². The van der Waals surface area contributed by atoms with Crippen molar-refractivity contribution < 1.29 is 19.0 Å². The molecule has 0 bridgehead atoms. The Labute approximate surface area is 206 Å². The minimum absolute atomic E-state index is 0.0206. The van der Waals surface area contributed by atoms with E-state index in [9.17, 15) is 4.79 Å². The number of benzene rings is 1. The number of fused-ring (bicyclic) bond motifs is 1. The standard InChI is InChI=1S/C27H37N5O3/c1-6-22(7-2)35-24-10-11-25-31(30-26(28)32(25)29-24)15-23(33)20-12-19(17-34-16-18-8-9-18)13-21(14-20)27(3,4)5/h10-14,18,22,28H,6-9,15-17H2,1-5H3. The number of carbonyl (C=O) groups is 1. The van der Waals surface area contributed by atoms with Crippen LogP contribution < -0.4 is 20.1 Å². The third-order valence-electron chi connectivity index (χ3n) is 6.46. The predicted molar refractivity (Wildman–Crippen MR) is 131 cm³/mol. The summed E-state index contributed by atoms with van der Waals surface area (Å²) in [7, 11) is 0. The molecule has 0 radical (unpaired) electrons. The lowest BCUT2D eigenvalue weighted by atomic mass is 9.84. The second-order valence-corrected chi connectivity index (χ2v) is 10.5. The second-order valence-electron chi connectivity index (χ2n) is 10.5. The molecule has 0 amide bonds. The molecule has 1 saturated carbocycles. The molecule has 8 nitrogen and oxygen atoms in total. The normalized spacial score (nSPS) is 14.1. The molecule has 1 fully saturated rings. The molecular weight excluding hydrogens is 442 g/mol. The molecule has 8 heteroatoms. The topological polar surface area (TPSA) is 94.7 Å². The molecule has 0 saturated heterocycles. The van der Waals surface area contributed by atoms with Crippen molar-refractivity contribution in [3.63, 3.8) is 0 Å². The number of Topliss-reactive ketones (excluding diaryl/α,β-unsaturated/α-hetero) is 1. The molecule has 2 heterocycles. The third kappa shape index (κ3) is 6.17. The molecule has 1 aliphatic carbocycles. The summed E-state index contributed by atoms with van der Waals surface area (Å²) in [5, 5.41) is 16.9. The van der Waals surface area contributed by atoms with Crippen LogP contribution in [0.1, 0.15) is 81.8 Å². The first-order valence-electron chi connectivity index (χ1n) is 12.6. The van der Waals surface area contributed by atoms with Gasteiger partial charge >= 0.3 is 5.65 Å². The van der Waals surface area contributed by atoms with Gasteiger partial charge in [-0.1, -0.05) is 45.2 Å². The minimum atomic E-state index is -0.0979. The summed E-state index contributed by atoms with van der Waals surface area (Å²) in [6.45, 7) is 11.9. The lowest BCUT2D eigenvalue weighted by Gasteiger charge is -2.21. The van der Waals surface area contributed by atoms with Gasteiger partial charge in [0.2, 0.25) is 11.4 Å². The zero-order chi connectivity index (χ0) is 25.2. The summed E-state index contributed by atoms with van der Waals surface area (Å²) >= 11 is 0. The minimum Gasteiger partial charge on any atom is -0.472 e. The fourth-order valence-corrected chi connectivity index (χ4v) is 3.99. The summed E-state index contributed by atoms with van der Waals surface area (Å²) in [5.74, 6) is 1.08. The van der Waals surface area contributed by atoms with Gasteiger partial charge in [0.05, 0.1) is 6.61 Å². The molecule has 2 aromatic heterocycles. The zero-order valence-electron chi connectivity index (χ0n) is 21.5. The number of aromatic nitrogens is 4. The summed E-state index contributed by atoms with van der Waals surface area (Å²) in [6, 6.07) is 9.59. The van der Waals surface area contributed by atoms with E-state index in [1.165, 1.54) is 22.0 Å². The lowest BCUT2D eigenvalue weighted by Crippen LogP contribution is -2.43. The van der Waals surface area contributed by atoms with Gasteiger partial charge in [0.25, 0.3) is 5.88 Å². The van der Waals surface area contributed by atoms with Crippen LogP contribution >= 0.6 is 0 Å². The van der Waals surface area contributed by atoms with Crippen LogP contribution in [0.25, 0.3) is 5.65 Å². The van der Waals surface area contributed by atoms with Gasteiger partial charge in [-0.25, -0.2) is 0 Å². The maximum atomic E-state index is 13.4. The molecule has 1 aromatic carbocycles. The van der Waals surface area contributed by atoms with Gasteiger partial charge in [-0.2, -0.15) is 9.78 Å². The first-order chi connectivity index (χ1) is 16.7. The number of ketones is 1. The number of nitrogens with one attached hydrogen (secondary N) is 1. The van der Waals surface area contributed by atoms with Crippen molar-refractivity contribution >= 4 is 11.4 Å². The maximum Gasteiger partial charge on any atom is 0.317 e. The number of ether oxygens (including phenoxy) is 2. The molecule has 3 aromatic rings. The maximum absolute atomic E-state index is 13.4. The molecule has 1 N–H and O–H groups in total. The van der Waals surface area contributed by atoms with E-state index in [0.717, 1.165) is 30.6 Å². The first-order valence-corrected chi connectivity index (χ1v) is 12.6. The second kappa shape index (κ2) is 10.3. The summed E-state index contributed by atoms with van der Waals surface area (Å²) in [6.07, 6.45) is 4.33. The molecule has 1 aliphatic rings. The smallest absolute Gasteiger partial charge is 0.317 e. The highest BCUT2D eigenvalue weighted by Gasteiger charge is 2.23. The predicted octanol–water partition coefficient (Wildman–Crippen LogP) is 3.73. The van der Waals surface area contributed by atoms with Crippen molar-refractivity contribution in [2.24, 2.45) is 5.92 Å². The van der Waals surface area contributed by atoms with E-state index in [1.54, 1.807) is 12.1 Å². The van der Waals surface area contributed by atoms with Gasteiger partial charge < -0.3 is 14.9 Å². The SMILES string of the molecule is CCC(CC)Oc1ccc2n(n1)c(=N)[n-][n+]2CC(=O)c1cc(COCC2CC2)cc(C(C)(C)C)c1. The van der Waals surface area contributed by atoms with E-state index in [1.807, 2.05) is 12.1 Å². The lowest BCUT2D eigenvalue weighted by molar-refractivity contribution is -0.721. The number of hydrogen-bond acceptors (Lipinski definition) is 5. The monoisotopic (exact) mass is 479 g/mol. The van der Waals surface area contributed by atoms with Gasteiger partial charge in [-0.15, -0.1) is 0 Å². The van der Waals surface area contributed by atoms with Crippen LogP contribution in [-0.2, 0) is 23.3 Å². The highest BCUT2D eigenvalue weighted by molar-refractivity contribution is 5.95. The zero-order valence-corrected chi connectivity index (χ0v) is 21.5. The molecule has 4 rings (SSSR count). The number of rotatable bonds is 11. The molecule has 0 spiro atoms. The molecule has 0 aliphatic heterocycles. The average Bonchev–Trinajstić information content (AvgIpc) is 3.60. The van der Waals surface area contributed by atoms with Crippen molar-refractivity contribution in [3.8, 4) is 5.88 Å². The Morgan fingerprint density at radius 1 is 1.23 bits per heavy atom. The van der Waals surface area contributed by atoms with E-state index in [4.69, 9.17) is 14.9 Å². The molecular formula is C27H37N5O3. The van der Waals surface area contributed by atoms with Crippen molar-refractivity contribution in [2.75, 3.05) is 6.61 Å². The van der Waals surface area contributed by atoms with Crippen LogP contribution in [0.4, 0.5) is 0 Å². The van der Waals surface area contributed by atoms with Crippen LogP contribution in [0.15, 0.2) is 30.3 Å². The van der Waals surface area contributed by atoms with Crippen molar-refractivity contribution in [3.05, 3.63) is 52.6 Å². The number of hydrogen-bond donors (Lipinski definition) is 1. The highest BCUT2D eigenvalue weighted by atomic mass is 16.5. The van der Waals surface area contributed by atoms with E-state index < -0.39 is 0 Å². The Kier molecular flexibility index (Phi) is 7.40. The first kappa shape index (κ1) is 25.1. The summed E-state index contributed by atoms with van der Waals surface area (Å²) in [5.41, 5.74) is 3.16. The Morgan fingerprint density at radius 3 is 2.63 bits per heavy atom. The van der Waals surface area contributed by atoms with Crippen LogP contribution in [0, 0.1) is 11.3 Å². The van der Waals surface area contributed by atoms with Gasteiger partial charge in [0, 0.05) is 24.3 Å². The van der Waals surface area contributed by atoms with E-state index >= 15 is 0 Å². The van der Waals surface area contributed by atoms with Gasteiger partial charge in [0.1, 0.15) is 6.10 Å². The molecule has 188 valence electrons. The summed E-state index contributed by atoms with van der Waals surface area (Å²) < 4.78 is 14.8. The Hall–Kier alpha value is -3.00. The fraction of sp³-hybridized carbons (Fsp3) is 0.556. The highest BCUT2D eigenvalue weighted by Crippen LogP contribution is 2.30. The summed E-state index contributed by atoms with van der Waals surface area (Å²) in [4.78, 5) is 13.4. The van der Waals surface area contributed by atoms with Crippen molar-refractivity contribution in [2.45, 2.75) is 85.0 Å². The number of carbonyl (C=O) groups excluding carboxylic acids is 1. The quantitative estimate of drug-likeness (QED) is 0.334. The van der Waals surface area contributed by atoms with Crippen LogP contribution in [-0.4, -0.2) is 28.1 Å². The van der Waals surface area contributed by atoms with Crippen molar-refractivity contribution in [1.29, 1.82) is 5.41 Å². The Morgan fingerprint density at radius 2 is 1.97 bits per heavy atom.